The maximum absolute atomic E-state index is 4.38. The van der Waals surface area contributed by atoms with Crippen molar-refractivity contribution in [1.29, 1.82) is 0 Å². The molecule has 0 amide bonds. The van der Waals surface area contributed by atoms with Crippen molar-refractivity contribution in [3.63, 3.8) is 0 Å². The van der Waals surface area contributed by atoms with Gasteiger partial charge >= 0.3 is 0 Å². The molecule has 0 saturated heterocycles. The van der Waals surface area contributed by atoms with Crippen LogP contribution in [-0.2, 0) is 6.54 Å². The maximum Gasteiger partial charge on any atom is 0.113 e. The summed E-state index contributed by atoms with van der Waals surface area (Å²) in [4.78, 5) is 6.57. The van der Waals surface area contributed by atoms with Crippen LogP contribution >= 0.6 is 0 Å². The lowest BCUT2D eigenvalue weighted by Gasteiger charge is -2.20. The van der Waals surface area contributed by atoms with E-state index in [1.165, 1.54) is 11.1 Å². The van der Waals surface area contributed by atoms with Crippen molar-refractivity contribution in [1.82, 2.24) is 24.9 Å². The summed E-state index contributed by atoms with van der Waals surface area (Å²) in [5.41, 5.74) is 5.43. The molecule has 1 aromatic carbocycles. The number of aryl methyl sites for hydroxylation is 1. The second-order valence-corrected chi connectivity index (χ2v) is 6.39. The average molecular weight is 321 g/mol. The Bertz CT molecular complexity index is 822. The fourth-order valence-corrected chi connectivity index (χ4v) is 2.62. The standard InChI is InChI=1S/C19H23N5/c1-14-8-9-20-18(10-14)12-24-13-19(21-22-24)17-7-5-6-16(11-17)15(2)23(3)4/h5-11,13,15H,12H2,1-4H3. The topological polar surface area (TPSA) is 46.8 Å². The molecule has 0 N–H and O–H groups in total. The Morgan fingerprint density at radius 2 is 2.00 bits per heavy atom. The summed E-state index contributed by atoms with van der Waals surface area (Å²) < 4.78 is 1.83. The van der Waals surface area contributed by atoms with Crippen LogP contribution in [0.4, 0.5) is 0 Å². The largest absolute Gasteiger partial charge is 0.303 e. The third kappa shape index (κ3) is 3.68. The van der Waals surface area contributed by atoms with Crippen LogP contribution in [0.3, 0.4) is 0 Å². The molecule has 2 heterocycles. The van der Waals surface area contributed by atoms with Gasteiger partial charge in [0.15, 0.2) is 0 Å². The number of rotatable bonds is 5. The minimum absolute atomic E-state index is 0.358. The van der Waals surface area contributed by atoms with Crippen molar-refractivity contribution < 1.29 is 0 Å². The molecule has 3 aromatic rings. The van der Waals surface area contributed by atoms with E-state index >= 15 is 0 Å². The predicted molar refractivity (Wildman–Crippen MR) is 95.6 cm³/mol. The number of hydrogen-bond donors (Lipinski definition) is 0. The normalized spacial score (nSPS) is 12.5. The van der Waals surface area contributed by atoms with E-state index in [1.807, 2.05) is 23.1 Å². The van der Waals surface area contributed by atoms with E-state index in [2.05, 4.69) is 78.5 Å². The third-order valence-corrected chi connectivity index (χ3v) is 4.27. The van der Waals surface area contributed by atoms with E-state index in [0.717, 1.165) is 17.0 Å². The molecule has 0 aliphatic rings. The highest BCUT2D eigenvalue weighted by Crippen LogP contribution is 2.23. The van der Waals surface area contributed by atoms with Gasteiger partial charge < -0.3 is 4.90 Å². The van der Waals surface area contributed by atoms with Gasteiger partial charge in [-0.3, -0.25) is 4.98 Å². The molecule has 0 aliphatic heterocycles. The van der Waals surface area contributed by atoms with Crippen molar-refractivity contribution in [2.45, 2.75) is 26.4 Å². The van der Waals surface area contributed by atoms with E-state index in [9.17, 15) is 0 Å². The van der Waals surface area contributed by atoms with Crippen LogP contribution in [0.25, 0.3) is 11.3 Å². The van der Waals surface area contributed by atoms with Crippen molar-refractivity contribution in [3.8, 4) is 11.3 Å². The third-order valence-electron chi connectivity index (χ3n) is 4.27. The number of nitrogens with zero attached hydrogens (tertiary/aromatic N) is 5. The van der Waals surface area contributed by atoms with E-state index < -0.39 is 0 Å². The summed E-state index contributed by atoms with van der Waals surface area (Å²) in [6.07, 6.45) is 3.80. The first kappa shape index (κ1) is 16.3. The number of hydrogen-bond acceptors (Lipinski definition) is 4. The molecule has 1 unspecified atom stereocenters. The van der Waals surface area contributed by atoms with Crippen molar-refractivity contribution >= 4 is 0 Å². The Balaban J connectivity index is 1.82. The van der Waals surface area contributed by atoms with Gasteiger partial charge in [-0.1, -0.05) is 23.4 Å². The van der Waals surface area contributed by atoms with E-state index in [-0.39, 0.29) is 0 Å². The highest BCUT2D eigenvalue weighted by Gasteiger charge is 2.10. The summed E-state index contributed by atoms with van der Waals surface area (Å²) in [6.45, 7) is 4.89. The molecule has 124 valence electrons. The van der Waals surface area contributed by atoms with Crippen molar-refractivity contribution in [3.05, 3.63) is 65.6 Å². The summed E-state index contributed by atoms with van der Waals surface area (Å²) in [5.74, 6) is 0. The number of aromatic nitrogens is 4. The van der Waals surface area contributed by atoms with Gasteiger partial charge in [-0.15, -0.1) is 5.10 Å². The van der Waals surface area contributed by atoms with Gasteiger partial charge in [0.25, 0.3) is 0 Å². The second kappa shape index (κ2) is 6.93. The summed E-state index contributed by atoms with van der Waals surface area (Å²) in [7, 11) is 4.17. The Labute approximate surface area is 143 Å². The molecule has 0 fully saturated rings. The first-order chi connectivity index (χ1) is 11.5. The van der Waals surface area contributed by atoms with Gasteiger partial charge in [-0.05, 0) is 57.3 Å². The second-order valence-electron chi connectivity index (χ2n) is 6.39. The van der Waals surface area contributed by atoms with Gasteiger partial charge in [0, 0.05) is 17.8 Å². The average Bonchev–Trinajstić information content (AvgIpc) is 3.02. The van der Waals surface area contributed by atoms with Crippen LogP contribution in [-0.4, -0.2) is 39.0 Å². The molecule has 24 heavy (non-hydrogen) atoms. The van der Waals surface area contributed by atoms with Gasteiger partial charge in [-0.2, -0.15) is 0 Å². The highest BCUT2D eigenvalue weighted by molar-refractivity contribution is 5.59. The molecule has 0 aliphatic carbocycles. The first-order valence-electron chi connectivity index (χ1n) is 8.11. The Morgan fingerprint density at radius 3 is 2.75 bits per heavy atom. The lowest BCUT2D eigenvalue weighted by atomic mass is 10.0. The number of benzene rings is 1. The van der Waals surface area contributed by atoms with Crippen LogP contribution in [0.5, 0.6) is 0 Å². The molecule has 5 heteroatoms. The minimum atomic E-state index is 0.358. The van der Waals surface area contributed by atoms with Crippen LogP contribution in [0.2, 0.25) is 0 Å². The lowest BCUT2D eigenvalue weighted by Crippen LogP contribution is -2.16. The van der Waals surface area contributed by atoms with Crippen LogP contribution < -0.4 is 0 Å². The van der Waals surface area contributed by atoms with Gasteiger partial charge in [0.1, 0.15) is 5.69 Å². The minimum Gasteiger partial charge on any atom is -0.303 e. The number of pyridine rings is 1. The Hall–Kier alpha value is -2.53. The quantitative estimate of drug-likeness (QED) is 0.723. The molecule has 0 radical (unpaired) electrons. The zero-order chi connectivity index (χ0) is 17.1. The molecule has 2 aromatic heterocycles. The summed E-state index contributed by atoms with van der Waals surface area (Å²) >= 11 is 0. The smallest absolute Gasteiger partial charge is 0.113 e. The van der Waals surface area contributed by atoms with Crippen LogP contribution in [0, 0.1) is 6.92 Å². The molecular weight excluding hydrogens is 298 g/mol. The fourth-order valence-electron chi connectivity index (χ4n) is 2.62. The Kier molecular flexibility index (Phi) is 4.71. The van der Waals surface area contributed by atoms with Crippen molar-refractivity contribution in [2.75, 3.05) is 14.1 Å². The maximum atomic E-state index is 4.38. The summed E-state index contributed by atoms with van der Waals surface area (Å²) in [5, 5.41) is 8.57. The van der Waals surface area contributed by atoms with E-state index in [1.54, 1.807) is 0 Å². The van der Waals surface area contributed by atoms with Crippen molar-refractivity contribution in [2.24, 2.45) is 0 Å². The zero-order valence-corrected chi connectivity index (χ0v) is 14.6. The molecule has 0 saturated carbocycles. The SMILES string of the molecule is Cc1ccnc(Cn2cc(-c3cccc(C(C)N(C)C)c3)nn2)c1. The molecule has 3 rings (SSSR count). The highest BCUT2D eigenvalue weighted by atomic mass is 15.4. The Morgan fingerprint density at radius 1 is 1.17 bits per heavy atom. The molecule has 0 bridgehead atoms. The monoisotopic (exact) mass is 321 g/mol. The van der Waals surface area contributed by atoms with Gasteiger partial charge in [0.05, 0.1) is 18.4 Å². The van der Waals surface area contributed by atoms with Gasteiger partial charge in [0.2, 0.25) is 0 Å². The lowest BCUT2D eigenvalue weighted by molar-refractivity contribution is 0.321. The molecule has 5 nitrogen and oxygen atoms in total. The van der Waals surface area contributed by atoms with Gasteiger partial charge in [-0.25, -0.2) is 4.68 Å². The van der Waals surface area contributed by atoms with E-state index in [4.69, 9.17) is 0 Å². The zero-order valence-electron chi connectivity index (χ0n) is 14.6. The van der Waals surface area contributed by atoms with Crippen LogP contribution in [0.15, 0.2) is 48.8 Å². The summed E-state index contributed by atoms with van der Waals surface area (Å²) in [6, 6.07) is 12.9. The molecule has 1 atom stereocenters. The molecule has 0 spiro atoms. The predicted octanol–water partition coefficient (Wildman–Crippen LogP) is 3.32. The van der Waals surface area contributed by atoms with E-state index in [0.29, 0.717) is 12.6 Å². The van der Waals surface area contributed by atoms with Crippen LogP contribution in [0.1, 0.15) is 29.8 Å². The fraction of sp³-hybridized carbons (Fsp3) is 0.316. The first-order valence-corrected chi connectivity index (χ1v) is 8.11. The molecular formula is C19H23N5.